The molecule has 0 radical (unpaired) electrons. The minimum absolute atomic E-state index is 0.00766. The Kier molecular flexibility index (Phi) is 4.40. The summed E-state index contributed by atoms with van der Waals surface area (Å²) < 4.78 is 1.21. The van der Waals surface area contributed by atoms with E-state index in [1.54, 1.807) is 0 Å². The first-order chi connectivity index (χ1) is 9.61. The summed E-state index contributed by atoms with van der Waals surface area (Å²) >= 11 is 0. The van der Waals surface area contributed by atoms with Gasteiger partial charge in [-0.15, -0.1) is 0 Å². The molecular formula is C15H19N3O2. The average molecular weight is 273 g/mol. The van der Waals surface area contributed by atoms with E-state index in [0.717, 1.165) is 12.0 Å². The third-order valence-electron chi connectivity index (χ3n) is 3.14. The number of nitrogens with one attached hydrogen (secondary N) is 2. The molecular weight excluding hydrogens is 254 g/mol. The third kappa shape index (κ3) is 3.17. The zero-order chi connectivity index (χ0) is 14.5. The van der Waals surface area contributed by atoms with Crippen molar-refractivity contribution in [2.24, 2.45) is 0 Å². The van der Waals surface area contributed by atoms with Crippen molar-refractivity contribution >= 4 is 5.82 Å². The summed E-state index contributed by atoms with van der Waals surface area (Å²) in [7, 11) is 0. The molecule has 2 N–H and O–H groups in total. The molecule has 0 saturated heterocycles. The number of hydrogen-bond donors (Lipinski definition) is 2. The fraction of sp³-hybridized carbons (Fsp3) is 0.333. The first kappa shape index (κ1) is 14.1. The monoisotopic (exact) mass is 273 g/mol. The van der Waals surface area contributed by atoms with Crippen LogP contribution >= 0.6 is 0 Å². The SMILES string of the molecule is CCCn1c(=O)cc(N[C@@H](C)c2ccccc2)[nH]c1=O. The Morgan fingerprint density at radius 3 is 2.55 bits per heavy atom. The maximum atomic E-state index is 11.9. The van der Waals surface area contributed by atoms with Gasteiger partial charge in [-0.05, 0) is 18.9 Å². The van der Waals surface area contributed by atoms with E-state index in [0.29, 0.717) is 12.4 Å². The quantitative estimate of drug-likeness (QED) is 0.877. The number of anilines is 1. The van der Waals surface area contributed by atoms with Crippen molar-refractivity contribution in [2.75, 3.05) is 5.32 Å². The van der Waals surface area contributed by atoms with E-state index in [9.17, 15) is 9.59 Å². The minimum Gasteiger partial charge on any atom is -0.365 e. The smallest absolute Gasteiger partial charge is 0.329 e. The van der Waals surface area contributed by atoms with Crippen molar-refractivity contribution in [1.82, 2.24) is 9.55 Å². The number of hydrogen-bond acceptors (Lipinski definition) is 3. The second-order valence-corrected chi connectivity index (χ2v) is 4.75. The van der Waals surface area contributed by atoms with Gasteiger partial charge in [-0.1, -0.05) is 37.3 Å². The Labute approximate surface area is 117 Å². The summed E-state index contributed by atoms with van der Waals surface area (Å²) in [5.41, 5.74) is 0.437. The van der Waals surface area contributed by atoms with Gasteiger partial charge in [0.2, 0.25) is 0 Å². The van der Waals surface area contributed by atoms with Crippen molar-refractivity contribution < 1.29 is 0 Å². The molecule has 0 fully saturated rings. The molecule has 0 unspecified atom stereocenters. The highest BCUT2D eigenvalue weighted by atomic mass is 16.2. The second kappa shape index (κ2) is 6.23. The van der Waals surface area contributed by atoms with E-state index in [-0.39, 0.29) is 17.3 Å². The van der Waals surface area contributed by atoms with E-state index >= 15 is 0 Å². The lowest BCUT2D eigenvalue weighted by Gasteiger charge is -2.15. The molecule has 1 heterocycles. The molecule has 0 spiro atoms. The van der Waals surface area contributed by atoms with E-state index in [1.807, 2.05) is 44.2 Å². The fourth-order valence-electron chi connectivity index (χ4n) is 2.09. The molecule has 0 aliphatic carbocycles. The van der Waals surface area contributed by atoms with Crippen LogP contribution in [-0.4, -0.2) is 9.55 Å². The Hall–Kier alpha value is -2.30. The summed E-state index contributed by atoms with van der Waals surface area (Å²) in [6.45, 7) is 4.34. The normalized spacial score (nSPS) is 12.1. The zero-order valence-corrected chi connectivity index (χ0v) is 11.7. The first-order valence-electron chi connectivity index (χ1n) is 6.77. The van der Waals surface area contributed by atoms with Gasteiger partial charge >= 0.3 is 5.69 Å². The van der Waals surface area contributed by atoms with Gasteiger partial charge in [-0.25, -0.2) is 4.79 Å². The van der Waals surface area contributed by atoms with Crippen molar-refractivity contribution in [3.63, 3.8) is 0 Å². The number of aromatic nitrogens is 2. The molecule has 0 aliphatic heterocycles. The molecule has 5 nitrogen and oxygen atoms in total. The number of nitrogens with zero attached hydrogens (tertiary/aromatic N) is 1. The first-order valence-corrected chi connectivity index (χ1v) is 6.77. The van der Waals surface area contributed by atoms with E-state index < -0.39 is 0 Å². The predicted octanol–water partition coefficient (Wildman–Crippen LogP) is 2.12. The number of H-pyrrole nitrogens is 1. The number of rotatable bonds is 5. The molecule has 1 aromatic heterocycles. The van der Waals surface area contributed by atoms with Crippen LogP contribution in [0.5, 0.6) is 0 Å². The molecule has 0 amide bonds. The molecule has 1 atom stereocenters. The lowest BCUT2D eigenvalue weighted by Crippen LogP contribution is -2.35. The largest absolute Gasteiger partial charge is 0.365 e. The molecule has 0 bridgehead atoms. The van der Waals surface area contributed by atoms with Crippen molar-refractivity contribution in [2.45, 2.75) is 32.9 Å². The summed E-state index contributed by atoms with van der Waals surface area (Å²) in [6.07, 6.45) is 0.746. The molecule has 5 heteroatoms. The Morgan fingerprint density at radius 1 is 1.25 bits per heavy atom. The van der Waals surface area contributed by atoms with Gasteiger partial charge in [0.1, 0.15) is 5.82 Å². The molecule has 20 heavy (non-hydrogen) atoms. The van der Waals surface area contributed by atoms with Gasteiger partial charge in [-0.3, -0.25) is 14.3 Å². The van der Waals surface area contributed by atoms with Crippen LogP contribution in [0.3, 0.4) is 0 Å². The van der Waals surface area contributed by atoms with Gasteiger partial charge in [0.25, 0.3) is 5.56 Å². The molecule has 2 aromatic rings. The Morgan fingerprint density at radius 2 is 1.95 bits per heavy atom. The van der Waals surface area contributed by atoms with Gasteiger partial charge in [0.05, 0.1) is 0 Å². The summed E-state index contributed by atoms with van der Waals surface area (Å²) in [6, 6.07) is 11.3. The highest BCUT2D eigenvalue weighted by Gasteiger charge is 2.08. The maximum absolute atomic E-state index is 11.9. The molecule has 2 rings (SSSR count). The van der Waals surface area contributed by atoms with E-state index in [2.05, 4.69) is 10.3 Å². The van der Waals surface area contributed by atoms with Gasteiger partial charge in [0, 0.05) is 18.7 Å². The van der Waals surface area contributed by atoms with Crippen LogP contribution in [-0.2, 0) is 6.54 Å². The van der Waals surface area contributed by atoms with Gasteiger partial charge in [-0.2, -0.15) is 0 Å². The van der Waals surface area contributed by atoms with Crippen LogP contribution in [0, 0.1) is 0 Å². The van der Waals surface area contributed by atoms with Crippen LogP contribution in [0.1, 0.15) is 31.9 Å². The van der Waals surface area contributed by atoms with E-state index in [1.165, 1.54) is 10.6 Å². The third-order valence-corrected chi connectivity index (χ3v) is 3.14. The minimum atomic E-state index is -0.373. The van der Waals surface area contributed by atoms with Crippen LogP contribution in [0.2, 0.25) is 0 Å². The topological polar surface area (TPSA) is 66.9 Å². The second-order valence-electron chi connectivity index (χ2n) is 4.75. The average Bonchev–Trinajstić information content (AvgIpc) is 2.44. The van der Waals surface area contributed by atoms with Crippen molar-refractivity contribution in [3.05, 3.63) is 62.8 Å². The predicted molar refractivity (Wildman–Crippen MR) is 80.1 cm³/mol. The van der Waals surface area contributed by atoms with Crippen LogP contribution in [0.15, 0.2) is 46.0 Å². The molecule has 106 valence electrons. The lowest BCUT2D eigenvalue weighted by atomic mass is 10.1. The summed E-state index contributed by atoms with van der Waals surface area (Å²) in [5.74, 6) is 0.448. The van der Waals surface area contributed by atoms with Crippen LogP contribution < -0.4 is 16.6 Å². The summed E-state index contributed by atoms with van der Waals surface area (Å²) in [4.78, 5) is 26.4. The summed E-state index contributed by atoms with van der Waals surface area (Å²) in [5, 5.41) is 3.14. The molecule has 0 aliphatic rings. The van der Waals surface area contributed by atoms with E-state index in [4.69, 9.17) is 0 Å². The van der Waals surface area contributed by atoms with Crippen molar-refractivity contribution in [3.8, 4) is 0 Å². The number of aromatic amines is 1. The molecule has 0 saturated carbocycles. The Balaban J connectivity index is 2.23. The fourth-order valence-corrected chi connectivity index (χ4v) is 2.09. The Bertz CT molecular complexity index is 642. The zero-order valence-electron chi connectivity index (χ0n) is 11.7. The highest BCUT2D eigenvalue weighted by molar-refractivity contribution is 5.36. The lowest BCUT2D eigenvalue weighted by molar-refractivity contribution is 0.615. The van der Waals surface area contributed by atoms with Crippen molar-refractivity contribution in [1.29, 1.82) is 0 Å². The highest BCUT2D eigenvalue weighted by Crippen LogP contribution is 2.15. The number of benzene rings is 1. The van der Waals surface area contributed by atoms with Crippen LogP contribution in [0.4, 0.5) is 5.82 Å². The molecule has 1 aromatic carbocycles. The van der Waals surface area contributed by atoms with Gasteiger partial charge in [0.15, 0.2) is 0 Å². The standard InChI is InChI=1S/C15H19N3O2/c1-3-9-18-14(19)10-13(17-15(18)20)16-11(2)12-7-5-4-6-8-12/h4-8,10-11,16H,3,9H2,1-2H3,(H,17,20)/t11-/m0/s1. The maximum Gasteiger partial charge on any atom is 0.329 e. The van der Waals surface area contributed by atoms with Gasteiger partial charge < -0.3 is 5.32 Å². The van der Waals surface area contributed by atoms with Crippen LogP contribution in [0.25, 0.3) is 0 Å².